The van der Waals surface area contributed by atoms with Gasteiger partial charge in [-0.15, -0.1) is 12.4 Å². The average molecular weight is 267 g/mol. The fourth-order valence-corrected chi connectivity index (χ4v) is 2.49. The van der Waals surface area contributed by atoms with Gasteiger partial charge in [0, 0.05) is 16.6 Å². The first-order valence-corrected chi connectivity index (χ1v) is 5.68. The van der Waals surface area contributed by atoms with Crippen LogP contribution in [0.2, 0.25) is 10.0 Å². The maximum atomic E-state index is 5.96. The van der Waals surface area contributed by atoms with Crippen LogP contribution in [0.25, 0.3) is 0 Å². The number of halogens is 3. The highest BCUT2D eigenvalue weighted by Gasteiger charge is 2.15. The largest absolute Gasteiger partial charge is 0.316 e. The minimum absolute atomic E-state index is 0. The summed E-state index contributed by atoms with van der Waals surface area (Å²) in [5.41, 5.74) is 1.26. The van der Waals surface area contributed by atoms with Gasteiger partial charge in [0.2, 0.25) is 0 Å². The summed E-state index contributed by atoms with van der Waals surface area (Å²) < 4.78 is 0. The molecule has 0 bridgehead atoms. The molecule has 0 radical (unpaired) electrons. The predicted molar refractivity (Wildman–Crippen MR) is 68.6 cm³/mol. The molecule has 1 aromatic rings. The van der Waals surface area contributed by atoms with Gasteiger partial charge < -0.3 is 5.32 Å². The number of hydrogen-bond acceptors (Lipinski definition) is 1. The molecule has 1 aromatic carbocycles. The number of hydrogen-bond donors (Lipinski definition) is 1. The molecule has 0 amide bonds. The van der Waals surface area contributed by atoms with Crippen molar-refractivity contribution in [1.29, 1.82) is 0 Å². The van der Waals surface area contributed by atoms with E-state index in [-0.39, 0.29) is 12.4 Å². The van der Waals surface area contributed by atoms with Crippen molar-refractivity contribution in [2.75, 3.05) is 13.1 Å². The lowest BCUT2D eigenvalue weighted by Crippen LogP contribution is -2.28. The molecule has 1 saturated heterocycles. The zero-order valence-corrected chi connectivity index (χ0v) is 10.6. The monoisotopic (exact) mass is 265 g/mol. The highest BCUT2D eigenvalue weighted by molar-refractivity contribution is 6.34. The normalized spacial score (nSPS) is 20.8. The fourth-order valence-electron chi connectivity index (χ4n) is 1.95. The van der Waals surface area contributed by atoms with Crippen LogP contribution in [-0.2, 0) is 0 Å². The zero-order valence-electron chi connectivity index (χ0n) is 8.30. The van der Waals surface area contributed by atoms with Crippen LogP contribution < -0.4 is 5.32 Å². The van der Waals surface area contributed by atoms with E-state index in [0.717, 1.165) is 23.1 Å². The van der Waals surface area contributed by atoms with E-state index >= 15 is 0 Å². The van der Waals surface area contributed by atoms with E-state index in [1.54, 1.807) is 6.07 Å². The molecule has 84 valence electrons. The lowest BCUT2D eigenvalue weighted by atomic mass is 9.92. The molecule has 0 saturated carbocycles. The van der Waals surface area contributed by atoms with E-state index < -0.39 is 0 Å². The molecule has 1 unspecified atom stereocenters. The van der Waals surface area contributed by atoms with Gasteiger partial charge in [-0.3, -0.25) is 0 Å². The van der Waals surface area contributed by atoms with Crippen molar-refractivity contribution in [2.24, 2.45) is 0 Å². The summed E-state index contributed by atoms with van der Waals surface area (Å²) in [5.74, 6) is 0.569. The smallest absolute Gasteiger partial charge is 0.0423 e. The van der Waals surface area contributed by atoms with Gasteiger partial charge in [0.15, 0.2) is 0 Å². The molecular weight excluding hydrogens is 252 g/mol. The first kappa shape index (κ1) is 13.1. The standard InChI is InChI=1S/C11H13Cl2N.ClH/c12-10-4-9(5-11(13)6-10)8-2-1-3-14-7-8;/h4-6,8,14H,1-3,7H2;1H. The summed E-state index contributed by atoms with van der Waals surface area (Å²) >= 11 is 11.9. The average Bonchev–Trinajstić information content (AvgIpc) is 2.18. The summed E-state index contributed by atoms with van der Waals surface area (Å²) in [6.07, 6.45) is 2.46. The van der Waals surface area contributed by atoms with Crippen LogP contribution in [0.3, 0.4) is 0 Å². The second kappa shape index (κ2) is 5.95. The van der Waals surface area contributed by atoms with Gasteiger partial charge in [-0.1, -0.05) is 23.2 Å². The van der Waals surface area contributed by atoms with Crippen molar-refractivity contribution in [3.8, 4) is 0 Å². The molecule has 2 rings (SSSR count). The Morgan fingerprint density at radius 3 is 2.33 bits per heavy atom. The van der Waals surface area contributed by atoms with Gasteiger partial charge in [-0.05, 0) is 49.1 Å². The van der Waals surface area contributed by atoms with Gasteiger partial charge in [-0.2, -0.15) is 0 Å². The van der Waals surface area contributed by atoms with E-state index in [2.05, 4.69) is 5.32 Å². The minimum atomic E-state index is 0. The minimum Gasteiger partial charge on any atom is -0.316 e. The number of nitrogens with one attached hydrogen (secondary N) is 1. The predicted octanol–water partition coefficient (Wildman–Crippen LogP) is 3.88. The Morgan fingerprint density at radius 2 is 1.80 bits per heavy atom. The SMILES string of the molecule is Cl.Clc1cc(Cl)cc(C2CCCNC2)c1. The maximum absolute atomic E-state index is 5.96. The fraction of sp³-hybridized carbons (Fsp3) is 0.455. The molecule has 0 spiro atoms. The van der Waals surface area contributed by atoms with E-state index in [0.29, 0.717) is 5.92 Å². The molecule has 1 aliphatic heterocycles. The Balaban J connectivity index is 0.00000112. The van der Waals surface area contributed by atoms with Crippen LogP contribution in [0.1, 0.15) is 24.3 Å². The molecular formula is C11H14Cl3N. The molecule has 4 heteroatoms. The van der Waals surface area contributed by atoms with Crippen molar-refractivity contribution in [2.45, 2.75) is 18.8 Å². The topological polar surface area (TPSA) is 12.0 Å². The van der Waals surface area contributed by atoms with Crippen LogP contribution in [0.5, 0.6) is 0 Å². The zero-order chi connectivity index (χ0) is 9.97. The Labute approximate surface area is 107 Å². The van der Waals surface area contributed by atoms with Gasteiger partial charge in [0.25, 0.3) is 0 Å². The Kier molecular flexibility index (Phi) is 5.20. The van der Waals surface area contributed by atoms with Crippen molar-refractivity contribution in [3.05, 3.63) is 33.8 Å². The lowest BCUT2D eigenvalue weighted by molar-refractivity contribution is 0.461. The molecule has 1 N–H and O–H groups in total. The van der Waals surface area contributed by atoms with Crippen molar-refractivity contribution in [3.63, 3.8) is 0 Å². The number of rotatable bonds is 1. The highest BCUT2D eigenvalue weighted by atomic mass is 35.5. The summed E-state index contributed by atoms with van der Waals surface area (Å²) in [6, 6.07) is 5.82. The lowest BCUT2D eigenvalue weighted by Gasteiger charge is -2.23. The first-order valence-electron chi connectivity index (χ1n) is 4.92. The third kappa shape index (κ3) is 3.53. The summed E-state index contributed by atoms with van der Waals surface area (Å²) in [7, 11) is 0. The van der Waals surface area contributed by atoms with Gasteiger partial charge in [0.1, 0.15) is 0 Å². The molecule has 1 fully saturated rings. The van der Waals surface area contributed by atoms with Crippen LogP contribution >= 0.6 is 35.6 Å². The second-order valence-electron chi connectivity index (χ2n) is 3.75. The quantitative estimate of drug-likeness (QED) is 0.813. The Hall–Kier alpha value is 0.0500. The Bertz CT molecular complexity index is 301. The molecule has 1 atom stereocenters. The molecule has 1 heterocycles. The third-order valence-corrected chi connectivity index (χ3v) is 3.09. The van der Waals surface area contributed by atoms with E-state index in [1.165, 1.54) is 18.4 Å². The first-order chi connectivity index (χ1) is 6.75. The summed E-state index contributed by atoms with van der Waals surface area (Å²) in [6.45, 7) is 2.17. The van der Waals surface area contributed by atoms with Crippen LogP contribution in [-0.4, -0.2) is 13.1 Å². The van der Waals surface area contributed by atoms with Gasteiger partial charge >= 0.3 is 0 Å². The highest BCUT2D eigenvalue weighted by Crippen LogP contribution is 2.28. The molecule has 15 heavy (non-hydrogen) atoms. The third-order valence-electron chi connectivity index (χ3n) is 2.65. The Morgan fingerprint density at radius 1 is 1.13 bits per heavy atom. The van der Waals surface area contributed by atoms with Crippen LogP contribution in [0.15, 0.2) is 18.2 Å². The summed E-state index contributed by atoms with van der Waals surface area (Å²) in [5, 5.41) is 4.85. The molecule has 1 nitrogen and oxygen atoms in total. The number of benzene rings is 1. The van der Waals surface area contributed by atoms with E-state index in [1.807, 2.05) is 12.1 Å². The second-order valence-corrected chi connectivity index (χ2v) is 4.62. The van der Waals surface area contributed by atoms with E-state index in [9.17, 15) is 0 Å². The summed E-state index contributed by atoms with van der Waals surface area (Å²) in [4.78, 5) is 0. The van der Waals surface area contributed by atoms with Crippen molar-refractivity contribution in [1.82, 2.24) is 5.32 Å². The molecule has 0 aliphatic carbocycles. The van der Waals surface area contributed by atoms with Crippen molar-refractivity contribution < 1.29 is 0 Å². The molecule has 1 aliphatic rings. The van der Waals surface area contributed by atoms with Gasteiger partial charge in [0.05, 0.1) is 0 Å². The van der Waals surface area contributed by atoms with E-state index in [4.69, 9.17) is 23.2 Å². The van der Waals surface area contributed by atoms with Gasteiger partial charge in [-0.25, -0.2) is 0 Å². The maximum Gasteiger partial charge on any atom is 0.0423 e. The van der Waals surface area contributed by atoms with Crippen molar-refractivity contribution >= 4 is 35.6 Å². The van der Waals surface area contributed by atoms with Crippen LogP contribution in [0.4, 0.5) is 0 Å². The number of piperidine rings is 1. The van der Waals surface area contributed by atoms with Crippen LogP contribution in [0, 0.1) is 0 Å². The molecule has 0 aromatic heterocycles.